The number of rotatable bonds is 4. The van der Waals surface area contributed by atoms with E-state index in [0.717, 1.165) is 13.1 Å². The summed E-state index contributed by atoms with van der Waals surface area (Å²) in [5.74, 6) is 0. The lowest BCUT2D eigenvalue weighted by Gasteiger charge is -2.01. The summed E-state index contributed by atoms with van der Waals surface area (Å²) in [7, 11) is 0. The van der Waals surface area contributed by atoms with Crippen LogP contribution in [0.15, 0.2) is 30.3 Å². The molecule has 0 radical (unpaired) electrons. The topological polar surface area (TPSA) is 38.0 Å². The first kappa shape index (κ1) is 11.4. The summed E-state index contributed by atoms with van der Waals surface area (Å²) >= 11 is 0. The Hall–Kier alpha value is -0.570. The van der Waals surface area contributed by atoms with Crippen molar-refractivity contribution in [1.82, 2.24) is 5.32 Å². The molecular weight excluding hydrogens is 172 g/mol. The standard InChI is InChI=1S/C9H14N2.ClH/c10-6-7-11-8-9-4-2-1-3-5-9;/h1-5,11H,6-8,10H2;1H. The lowest BCUT2D eigenvalue weighted by atomic mass is 10.2. The molecule has 0 aliphatic heterocycles. The van der Waals surface area contributed by atoms with Crippen LogP contribution in [0.4, 0.5) is 0 Å². The molecule has 2 nitrogen and oxygen atoms in total. The highest BCUT2D eigenvalue weighted by Gasteiger charge is 1.87. The van der Waals surface area contributed by atoms with Crippen molar-refractivity contribution in [2.75, 3.05) is 13.1 Å². The van der Waals surface area contributed by atoms with Crippen molar-refractivity contribution in [3.05, 3.63) is 35.9 Å². The zero-order valence-corrected chi connectivity index (χ0v) is 7.81. The smallest absolute Gasteiger partial charge is 0.0206 e. The van der Waals surface area contributed by atoms with Gasteiger partial charge in [0.1, 0.15) is 0 Å². The van der Waals surface area contributed by atoms with Crippen LogP contribution in [0.2, 0.25) is 0 Å². The van der Waals surface area contributed by atoms with Crippen molar-refractivity contribution < 1.29 is 0 Å². The molecule has 0 fully saturated rings. The quantitative estimate of drug-likeness (QED) is 0.693. The van der Waals surface area contributed by atoms with E-state index in [0.29, 0.717) is 6.54 Å². The summed E-state index contributed by atoms with van der Waals surface area (Å²) < 4.78 is 0. The first-order valence-corrected chi connectivity index (χ1v) is 3.88. The van der Waals surface area contributed by atoms with E-state index in [9.17, 15) is 0 Å². The van der Waals surface area contributed by atoms with Gasteiger partial charge >= 0.3 is 0 Å². The van der Waals surface area contributed by atoms with E-state index in [1.54, 1.807) is 0 Å². The van der Waals surface area contributed by atoms with Crippen molar-refractivity contribution in [1.29, 1.82) is 0 Å². The Labute approximate surface area is 79.6 Å². The minimum absolute atomic E-state index is 0. The number of nitrogens with one attached hydrogen (secondary N) is 1. The second-order valence-electron chi connectivity index (χ2n) is 2.45. The zero-order valence-electron chi connectivity index (χ0n) is 6.99. The van der Waals surface area contributed by atoms with Gasteiger partial charge in [-0.2, -0.15) is 0 Å². The minimum atomic E-state index is 0. The maximum atomic E-state index is 5.33. The molecule has 0 saturated carbocycles. The predicted octanol–water partition coefficient (Wildman–Crippen LogP) is 1.16. The average Bonchev–Trinajstić information content (AvgIpc) is 2.07. The first-order chi connectivity index (χ1) is 5.43. The van der Waals surface area contributed by atoms with Crippen LogP contribution in [0.1, 0.15) is 5.56 Å². The van der Waals surface area contributed by atoms with Gasteiger partial charge in [0.15, 0.2) is 0 Å². The summed E-state index contributed by atoms with van der Waals surface area (Å²) in [5, 5.41) is 3.23. The monoisotopic (exact) mass is 186 g/mol. The van der Waals surface area contributed by atoms with Crippen LogP contribution in [-0.2, 0) is 6.54 Å². The van der Waals surface area contributed by atoms with Gasteiger partial charge in [-0.25, -0.2) is 0 Å². The van der Waals surface area contributed by atoms with E-state index in [1.165, 1.54) is 5.56 Å². The van der Waals surface area contributed by atoms with Gasteiger partial charge in [-0.05, 0) is 5.56 Å². The van der Waals surface area contributed by atoms with Gasteiger partial charge in [0.05, 0.1) is 0 Å². The Bertz CT molecular complexity index is 189. The third-order valence-corrected chi connectivity index (χ3v) is 1.49. The van der Waals surface area contributed by atoms with Crippen LogP contribution in [0, 0.1) is 0 Å². The SMILES string of the molecule is Cl.NCCNCc1ccccc1. The number of hydrogen-bond donors (Lipinski definition) is 2. The Morgan fingerprint density at radius 3 is 2.42 bits per heavy atom. The predicted molar refractivity (Wildman–Crippen MR) is 54.5 cm³/mol. The average molecular weight is 187 g/mol. The number of hydrogen-bond acceptors (Lipinski definition) is 2. The van der Waals surface area contributed by atoms with Crippen LogP contribution in [0.3, 0.4) is 0 Å². The molecule has 3 N–H and O–H groups in total. The Morgan fingerprint density at radius 1 is 1.17 bits per heavy atom. The van der Waals surface area contributed by atoms with E-state index in [1.807, 2.05) is 18.2 Å². The lowest BCUT2D eigenvalue weighted by Crippen LogP contribution is -2.21. The van der Waals surface area contributed by atoms with Crippen LogP contribution >= 0.6 is 12.4 Å². The molecule has 0 aromatic heterocycles. The highest BCUT2D eigenvalue weighted by atomic mass is 35.5. The van der Waals surface area contributed by atoms with Gasteiger partial charge in [0.25, 0.3) is 0 Å². The fraction of sp³-hybridized carbons (Fsp3) is 0.333. The summed E-state index contributed by atoms with van der Waals surface area (Å²) in [4.78, 5) is 0. The fourth-order valence-electron chi connectivity index (χ4n) is 0.931. The number of nitrogens with two attached hydrogens (primary N) is 1. The van der Waals surface area contributed by atoms with Crippen molar-refractivity contribution in [2.45, 2.75) is 6.54 Å². The summed E-state index contributed by atoms with van der Waals surface area (Å²) in [6.07, 6.45) is 0. The lowest BCUT2D eigenvalue weighted by molar-refractivity contribution is 0.695. The molecule has 1 aromatic carbocycles. The molecule has 0 bridgehead atoms. The second-order valence-corrected chi connectivity index (χ2v) is 2.45. The van der Waals surface area contributed by atoms with E-state index >= 15 is 0 Å². The molecule has 0 aliphatic carbocycles. The third kappa shape index (κ3) is 4.34. The van der Waals surface area contributed by atoms with Crippen LogP contribution in [-0.4, -0.2) is 13.1 Å². The highest BCUT2D eigenvalue weighted by molar-refractivity contribution is 5.85. The van der Waals surface area contributed by atoms with Crippen LogP contribution in [0.25, 0.3) is 0 Å². The molecule has 0 aliphatic rings. The van der Waals surface area contributed by atoms with Gasteiger partial charge in [0.2, 0.25) is 0 Å². The molecular formula is C9H15ClN2. The molecule has 3 heteroatoms. The van der Waals surface area contributed by atoms with Crippen molar-refractivity contribution in [3.63, 3.8) is 0 Å². The van der Waals surface area contributed by atoms with Gasteiger partial charge in [-0.3, -0.25) is 0 Å². The van der Waals surface area contributed by atoms with Crippen LogP contribution in [0.5, 0.6) is 0 Å². The number of halogens is 1. The molecule has 1 aromatic rings. The van der Waals surface area contributed by atoms with Crippen LogP contribution < -0.4 is 11.1 Å². The molecule has 68 valence electrons. The van der Waals surface area contributed by atoms with Gasteiger partial charge in [-0.1, -0.05) is 30.3 Å². The van der Waals surface area contributed by atoms with Crippen molar-refractivity contribution in [3.8, 4) is 0 Å². The zero-order chi connectivity index (χ0) is 7.94. The van der Waals surface area contributed by atoms with Gasteiger partial charge in [-0.15, -0.1) is 12.4 Å². The van der Waals surface area contributed by atoms with Crippen molar-refractivity contribution >= 4 is 12.4 Å². The van der Waals surface area contributed by atoms with E-state index in [4.69, 9.17) is 5.73 Å². The van der Waals surface area contributed by atoms with E-state index < -0.39 is 0 Å². The minimum Gasteiger partial charge on any atom is -0.329 e. The van der Waals surface area contributed by atoms with Crippen molar-refractivity contribution in [2.24, 2.45) is 5.73 Å². The van der Waals surface area contributed by atoms with Gasteiger partial charge in [0, 0.05) is 19.6 Å². The van der Waals surface area contributed by atoms with Gasteiger partial charge < -0.3 is 11.1 Å². The molecule has 0 saturated heterocycles. The van der Waals surface area contributed by atoms with E-state index in [2.05, 4.69) is 17.4 Å². The first-order valence-electron chi connectivity index (χ1n) is 3.88. The molecule has 0 amide bonds. The second kappa shape index (κ2) is 7.10. The molecule has 12 heavy (non-hydrogen) atoms. The summed E-state index contributed by atoms with van der Waals surface area (Å²) in [5.41, 5.74) is 6.64. The molecule has 0 spiro atoms. The Morgan fingerprint density at radius 2 is 1.83 bits per heavy atom. The van der Waals surface area contributed by atoms with E-state index in [-0.39, 0.29) is 12.4 Å². The maximum absolute atomic E-state index is 5.33. The Balaban J connectivity index is 0.00000121. The third-order valence-electron chi connectivity index (χ3n) is 1.49. The summed E-state index contributed by atoms with van der Waals surface area (Å²) in [6, 6.07) is 10.3. The Kier molecular flexibility index (Phi) is 6.76. The number of benzene rings is 1. The molecule has 1 rings (SSSR count). The summed E-state index contributed by atoms with van der Waals surface area (Å²) in [6.45, 7) is 2.50. The highest BCUT2D eigenvalue weighted by Crippen LogP contribution is 1.96. The molecule has 0 atom stereocenters. The molecule has 0 unspecified atom stereocenters. The maximum Gasteiger partial charge on any atom is 0.0206 e. The fourth-order valence-corrected chi connectivity index (χ4v) is 0.931. The largest absolute Gasteiger partial charge is 0.329 e. The molecule has 0 heterocycles. The normalized spacial score (nSPS) is 9.08.